The lowest BCUT2D eigenvalue weighted by molar-refractivity contribution is -0.384. The lowest BCUT2D eigenvalue weighted by atomic mass is 9.82. The smallest absolute Gasteiger partial charge is 0.293 e. The summed E-state index contributed by atoms with van der Waals surface area (Å²) in [5.41, 5.74) is 2.16. The van der Waals surface area contributed by atoms with Gasteiger partial charge in [-0.05, 0) is 42.5 Å². The van der Waals surface area contributed by atoms with Crippen molar-refractivity contribution >= 4 is 27.1 Å². The Bertz CT molecular complexity index is 1040. The first-order valence-electron chi connectivity index (χ1n) is 9.35. The summed E-state index contributed by atoms with van der Waals surface area (Å²) in [5.74, 6) is -0.232. The number of sulfone groups is 1. The molecule has 0 saturated carbocycles. The third-order valence-electron chi connectivity index (χ3n) is 5.02. The van der Waals surface area contributed by atoms with Crippen molar-refractivity contribution in [3.8, 4) is 0 Å². The maximum atomic E-state index is 12.6. The minimum absolute atomic E-state index is 0.0547. The number of benzene rings is 2. The van der Waals surface area contributed by atoms with E-state index in [0.717, 1.165) is 37.1 Å². The van der Waals surface area contributed by atoms with Crippen LogP contribution in [0.1, 0.15) is 29.9 Å². The zero-order valence-corrected chi connectivity index (χ0v) is 16.9. The van der Waals surface area contributed by atoms with Crippen LogP contribution >= 0.6 is 0 Å². The first-order valence-corrected chi connectivity index (χ1v) is 11.2. The second-order valence-electron chi connectivity index (χ2n) is 7.07. The average molecular weight is 417 g/mol. The van der Waals surface area contributed by atoms with Gasteiger partial charge in [0.15, 0.2) is 9.84 Å². The standard InChI is InChI=1S/C20H23N3O5S/c1-29(27,28)15-9-10-18(19(13-15)23(25)26)21-11-12-22-20(24)17-8-4-6-14-5-2-3-7-16(14)17/h2-3,5,7,9-10,13,17,21H,4,6,8,11-12H2,1H3,(H,22,24)/t17-/m1/s1. The van der Waals surface area contributed by atoms with E-state index in [1.54, 1.807) is 0 Å². The topological polar surface area (TPSA) is 118 Å². The summed E-state index contributed by atoms with van der Waals surface area (Å²) >= 11 is 0. The lowest BCUT2D eigenvalue weighted by Gasteiger charge is -2.24. The fourth-order valence-corrected chi connectivity index (χ4v) is 4.22. The minimum Gasteiger partial charge on any atom is -0.378 e. The van der Waals surface area contributed by atoms with Crippen LogP contribution < -0.4 is 10.6 Å². The molecule has 0 bridgehead atoms. The second kappa shape index (κ2) is 8.60. The van der Waals surface area contributed by atoms with Crippen molar-refractivity contribution in [1.29, 1.82) is 0 Å². The van der Waals surface area contributed by atoms with E-state index in [1.165, 1.54) is 17.7 Å². The highest BCUT2D eigenvalue weighted by Gasteiger charge is 2.25. The maximum absolute atomic E-state index is 12.6. The molecule has 29 heavy (non-hydrogen) atoms. The van der Waals surface area contributed by atoms with Gasteiger partial charge in [-0.2, -0.15) is 0 Å². The monoisotopic (exact) mass is 417 g/mol. The number of amides is 1. The summed E-state index contributed by atoms with van der Waals surface area (Å²) in [7, 11) is -3.54. The number of nitrogens with one attached hydrogen (secondary N) is 2. The summed E-state index contributed by atoms with van der Waals surface area (Å²) < 4.78 is 23.2. The van der Waals surface area contributed by atoms with E-state index in [1.807, 2.05) is 18.2 Å². The molecule has 0 fully saturated rings. The number of carbonyl (C=O) groups is 1. The number of carbonyl (C=O) groups excluding carboxylic acids is 1. The third kappa shape index (κ3) is 4.92. The number of aryl methyl sites for hydroxylation is 1. The Labute approximate surface area is 169 Å². The van der Waals surface area contributed by atoms with Gasteiger partial charge in [-0.15, -0.1) is 0 Å². The molecule has 0 aliphatic heterocycles. The molecule has 0 unspecified atom stereocenters. The molecule has 0 heterocycles. The van der Waals surface area contributed by atoms with Crippen LogP contribution in [0.3, 0.4) is 0 Å². The van der Waals surface area contributed by atoms with Crippen LogP contribution in [0.2, 0.25) is 0 Å². The van der Waals surface area contributed by atoms with Crippen LogP contribution in [0, 0.1) is 10.1 Å². The third-order valence-corrected chi connectivity index (χ3v) is 6.13. The van der Waals surface area contributed by atoms with Crippen LogP contribution in [-0.2, 0) is 21.1 Å². The fourth-order valence-electron chi connectivity index (χ4n) is 3.57. The van der Waals surface area contributed by atoms with E-state index < -0.39 is 14.8 Å². The summed E-state index contributed by atoms with van der Waals surface area (Å²) in [6.07, 6.45) is 3.74. The molecule has 0 spiro atoms. The van der Waals surface area contributed by atoms with Crippen LogP contribution in [0.4, 0.5) is 11.4 Å². The van der Waals surface area contributed by atoms with E-state index in [0.29, 0.717) is 6.54 Å². The lowest BCUT2D eigenvalue weighted by Crippen LogP contribution is -2.34. The Hall–Kier alpha value is -2.94. The number of nitro groups is 1. The van der Waals surface area contributed by atoms with E-state index in [9.17, 15) is 23.3 Å². The molecule has 2 aromatic carbocycles. The summed E-state index contributed by atoms with van der Waals surface area (Å²) in [6.45, 7) is 0.571. The molecular weight excluding hydrogens is 394 g/mol. The Morgan fingerprint density at radius 3 is 2.69 bits per heavy atom. The van der Waals surface area contributed by atoms with Crippen molar-refractivity contribution in [3.05, 3.63) is 63.7 Å². The molecule has 9 heteroatoms. The number of nitro benzene ring substituents is 1. The van der Waals surface area contributed by atoms with Crippen molar-refractivity contribution in [3.63, 3.8) is 0 Å². The summed E-state index contributed by atoms with van der Waals surface area (Å²) in [6, 6.07) is 11.7. The predicted molar refractivity (Wildman–Crippen MR) is 110 cm³/mol. The highest BCUT2D eigenvalue weighted by molar-refractivity contribution is 7.90. The highest BCUT2D eigenvalue weighted by Crippen LogP contribution is 2.31. The van der Waals surface area contributed by atoms with Crippen molar-refractivity contribution in [1.82, 2.24) is 5.32 Å². The number of hydrogen-bond donors (Lipinski definition) is 2. The van der Waals surface area contributed by atoms with Crippen LogP contribution in [0.25, 0.3) is 0 Å². The first-order chi connectivity index (χ1) is 13.8. The molecule has 2 aromatic rings. The van der Waals surface area contributed by atoms with Crippen LogP contribution in [0.5, 0.6) is 0 Å². The number of rotatable bonds is 7. The van der Waals surface area contributed by atoms with Crippen LogP contribution in [0.15, 0.2) is 47.4 Å². The highest BCUT2D eigenvalue weighted by atomic mass is 32.2. The van der Waals surface area contributed by atoms with Gasteiger partial charge in [0.05, 0.1) is 15.7 Å². The van der Waals surface area contributed by atoms with Gasteiger partial charge in [-0.3, -0.25) is 14.9 Å². The number of anilines is 1. The Morgan fingerprint density at radius 1 is 1.21 bits per heavy atom. The largest absolute Gasteiger partial charge is 0.378 e. The van der Waals surface area contributed by atoms with Gasteiger partial charge in [-0.1, -0.05) is 24.3 Å². The molecule has 0 saturated heterocycles. The Kier molecular flexibility index (Phi) is 6.17. The fraction of sp³-hybridized carbons (Fsp3) is 0.350. The quantitative estimate of drug-likeness (QED) is 0.406. The predicted octanol–water partition coefficient (Wildman–Crippen LogP) is 2.65. The number of fused-ring (bicyclic) bond motifs is 1. The molecule has 2 N–H and O–H groups in total. The van der Waals surface area contributed by atoms with Gasteiger partial charge in [-0.25, -0.2) is 8.42 Å². The van der Waals surface area contributed by atoms with E-state index in [-0.39, 0.29) is 34.6 Å². The van der Waals surface area contributed by atoms with Crippen LogP contribution in [-0.4, -0.2) is 38.6 Å². The zero-order valence-electron chi connectivity index (χ0n) is 16.1. The minimum atomic E-state index is -3.54. The Morgan fingerprint density at radius 2 is 1.97 bits per heavy atom. The van der Waals surface area contributed by atoms with Crippen molar-refractivity contribution in [2.24, 2.45) is 0 Å². The zero-order chi connectivity index (χ0) is 21.0. The normalized spacial score (nSPS) is 16.0. The van der Waals surface area contributed by atoms with Gasteiger partial charge in [0, 0.05) is 25.4 Å². The molecular formula is C20H23N3O5S. The van der Waals surface area contributed by atoms with Gasteiger partial charge in [0.2, 0.25) is 5.91 Å². The average Bonchev–Trinajstić information content (AvgIpc) is 2.69. The van der Waals surface area contributed by atoms with Gasteiger partial charge >= 0.3 is 0 Å². The van der Waals surface area contributed by atoms with E-state index >= 15 is 0 Å². The number of hydrogen-bond acceptors (Lipinski definition) is 6. The number of nitrogens with zero attached hydrogens (tertiary/aromatic N) is 1. The molecule has 0 radical (unpaired) electrons. The van der Waals surface area contributed by atoms with Crippen molar-refractivity contribution in [2.75, 3.05) is 24.7 Å². The first kappa shape index (κ1) is 20.8. The SMILES string of the molecule is CS(=O)(=O)c1ccc(NCCNC(=O)[C@@H]2CCCc3ccccc32)c([N+](=O)[O-])c1. The summed E-state index contributed by atoms with van der Waals surface area (Å²) in [5, 5.41) is 17.0. The molecule has 1 amide bonds. The van der Waals surface area contributed by atoms with Gasteiger partial charge < -0.3 is 10.6 Å². The molecule has 154 valence electrons. The molecule has 1 atom stereocenters. The van der Waals surface area contributed by atoms with E-state index in [4.69, 9.17) is 0 Å². The molecule has 1 aliphatic carbocycles. The Balaban J connectivity index is 1.60. The molecule has 8 nitrogen and oxygen atoms in total. The van der Waals surface area contributed by atoms with Crippen molar-refractivity contribution in [2.45, 2.75) is 30.1 Å². The molecule has 3 rings (SSSR count). The molecule has 0 aromatic heterocycles. The second-order valence-corrected chi connectivity index (χ2v) is 9.09. The molecule has 1 aliphatic rings. The van der Waals surface area contributed by atoms with Gasteiger partial charge in [0.25, 0.3) is 5.69 Å². The summed E-state index contributed by atoms with van der Waals surface area (Å²) in [4.78, 5) is 23.1. The van der Waals surface area contributed by atoms with Crippen molar-refractivity contribution < 1.29 is 18.1 Å². The van der Waals surface area contributed by atoms with Gasteiger partial charge in [0.1, 0.15) is 5.69 Å². The van der Waals surface area contributed by atoms with E-state index in [2.05, 4.69) is 16.7 Å². The maximum Gasteiger partial charge on any atom is 0.293 e.